The molecule has 144 valence electrons. The number of hydrogen-bond acceptors (Lipinski definition) is 4. The molecule has 0 spiro atoms. The third-order valence-corrected chi connectivity index (χ3v) is 3.89. The fraction of sp³-hybridized carbons (Fsp3) is 0.400. The highest BCUT2D eigenvalue weighted by atomic mass is 32.1. The SMILES string of the molecule is Cc1ccc(NC(=S)NC(=NCC(C)C)Nc2nc(C)cc(C)n2)c(C)c1. The van der Waals surface area contributed by atoms with Crippen LogP contribution in [0, 0.1) is 33.6 Å². The molecule has 0 amide bonds. The Morgan fingerprint density at radius 2 is 1.70 bits per heavy atom. The molecule has 1 heterocycles. The second-order valence-electron chi connectivity index (χ2n) is 7.08. The highest BCUT2D eigenvalue weighted by molar-refractivity contribution is 7.80. The monoisotopic (exact) mass is 384 g/mol. The molecule has 3 N–H and O–H groups in total. The predicted octanol–water partition coefficient (Wildman–Crippen LogP) is 4.12. The van der Waals surface area contributed by atoms with Crippen LogP contribution >= 0.6 is 12.2 Å². The number of rotatable bonds is 4. The van der Waals surface area contributed by atoms with Gasteiger partial charge in [0.2, 0.25) is 11.9 Å². The van der Waals surface area contributed by atoms with Crippen LogP contribution in [0.15, 0.2) is 29.3 Å². The number of benzene rings is 1. The summed E-state index contributed by atoms with van der Waals surface area (Å²) in [6.07, 6.45) is 0. The third-order valence-electron chi connectivity index (χ3n) is 3.69. The Labute approximate surface area is 166 Å². The molecule has 0 atom stereocenters. The number of nitrogens with zero attached hydrogens (tertiary/aromatic N) is 3. The Balaban J connectivity index is 2.13. The molecule has 0 saturated carbocycles. The average Bonchev–Trinajstić information content (AvgIpc) is 2.54. The molecule has 2 aromatic rings. The number of hydrogen-bond donors (Lipinski definition) is 3. The Morgan fingerprint density at radius 3 is 2.30 bits per heavy atom. The first kappa shape index (κ1) is 20.8. The molecule has 0 bridgehead atoms. The molecule has 0 aliphatic heterocycles. The topological polar surface area (TPSA) is 74.2 Å². The minimum atomic E-state index is 0.421. The van der Waals surface area contributed by atoms with Crippen LogP contribution in [0.25, 0.3) is 0 Å². The second-order valence-corrected chi connectivity index (χ2v) is 7.49. The fourth-order valence-corrected chi connectivity index (χ4v) is 2.69. The van der Waals surface area contributed by atoms with E-state index in [0.717, 1.165) is 22.6 Å². The predicted molar refractivity (Wildman–Crippen MR) is 118 cm³/mol. The lowest BCUT2D eigenvalue weighted by molar-refractivity contribution is 0.664. The second kappa shape index (κ2) is 9.41. The molecule has 0 saturated heterocycles. The van der Waals surface area contributed by atoms with E-state index in [1.165, 1.54) is 5.56 Å². The Hall–Kier alpha value is -2.54. The van der Waals surface area contributed by atoms with Gasteiger partial charge in [0.15, 0.2) is 5.11 Å². The van der Waals surface area contributed by atoms with Crippen LogP contribution in [0.3, 0.4) is 0 Å². The van der Waals surface area contributed by atoms with Crippen molar-refractivity contribution in [2.45, 2.75) is 41.5 Å². The molecule has 1 aromatic heterocycles. The fourth-order valence-electron chi connectivity index (χ4n) is 2.49. The molecule has 0 unspecified atom stereocenters. The van der Waals surface area contributed by atoms with Crippen molar-refractivity contribution < 1.29 is 0 Å². The van der Waals surface area contributed by atoms with Crippen LogP contribution in [0.5, 0.6) is 0 Å². The summed E-state index contributed by atoms with van der Waals surface area (Å²) < 4.78 is 0. The Kier molecular flexibility index (Phi) is 7.24. The molecule has 6 nitrogen and oxygen atoms in total. The maximum atomic E-state index is 5.47. The number of aryl methyl sites for hydroxylation is 4. The van der Waals surface area contributed by atoms with E-state index in [0.29, 0.717) is 29.5 Å². The lowest BCUT2D eigenvalue weighted by Crippen LogP contribution is -2.39. The van der Waals surface area contributed by atoms with E-state index in [1.54, 1.807) is 0 Å². The quantitative estimate of drug-likeness (QED) is 0.418. The molecule has 0 aliphatic carbocycles. The zero-order valence-corrected chi connectivity index (χ0v) is 17.7. The third kappa shape index (κ3) is 6.94. The van der Waals surface area contributed by atoms with Crippen LogP contribution in [0.4, 0.5) is 11.6 Å². The van der Waals surface area contributed by atoms with E-state index in [-0.39, 0.29) is 0 Å². The van der Waals surface area contributed by atoms with Gasteiger partial charge >= 0.3 is 0 Å². The summed E-state index contributed by atoms with van der Waals surface area (Å²) >= 11 is 5.47. The van der Waals surface area contributed by atoms with Crippen molar-refractivity contribution in [1.82, 2.24) is 15.3 Å². The molecule has 0 fully saturated rings. The van der Waals surface area contributed by atoms with E-state index in [4.69, 9.17) is 12.2 Å². The van der Waals surface area contributed by atoms with Crippen molar-refractivity contribution in [3.05, 3.63) is 46.8 Å². The van der Waals surface area contributed by atoms with E-state index >= 15 is 0 Å². The first-order chi connectivity index (χ1) is 12.7. The molecular formula is C20H28N6S. The molecule has 1 aromatic carbocycles. The normalized spacial score (nSPS) is 11.4. The number of thiocarbonyl (C=S) groups is 1. The summed E-state index contributed by atoms with van der Waals surface area (Å²) in [4.78, 5) is 13.4. The van der Waals surface area contributed by atoms with E-state index in [2.05, 4.69) is 57.7 Å². The molecule has 7 heteroatoms. The summed E-state index contributed by atoms with van der Waals surface area (Å²) in [7, 11) is 0. The van der Waals surface area contributed by atoms with E-state index < -0.39 is 0 Å². The van der Waals surface area contributed by atoms with Gasteiger partial charge in [0.25, 0.3) is 0 Å². The minimum Gasteiger partial charge on any atom is -0.332 e. The Morgan fingerprint density at radius 1 is 1.04 bits per heavy atom. The van der Waals surface area contributed by atoms with Gasteiger partial charge in [-0.25, -0.2) is 9.97 Å². The number of guanidine groups is 1. The van der Waals surface area contributed by atoms with Gasteiger partial charge in [-0.15, -0.1) is 0 Å². The zero-order chi connectivity index (χ0) is 20.0. The van der Waals surface area contributed by atoms with E-state index in [1.807, 2.05) is 39.0 Å². The number of aliphatic imine (C=N–C) groups is 1. The summed E-state index contributed by atoms with van der Waals surface area (Å²) in [5.74, 6) is 1.44. The zero-order valence-electron chi connectivity index (χ0n) is 16.8. The maximum Gasteiger partial charge on any atom is 0.229 e. The number of anilines is 2. The first-order valence-corrected chi connectivity index (χ1v) is 9.42. The maximum absolute atomic E-state index is 5.47. The number of aromatic nitrogens is 2. The summed E-state index contributed by atoms with van der Waals surface area (Å²) in [5, 5.41) is 9.96. The molecule has 0 aliphatic rings. The van der Waals surface area contributed by atoms with Gasteiger partial charge in [0.05, 0.1) is 0 Å². The smallest absolute Gasteiger partial charge is 0.229 e. The molecular weight excluding hydrogens is 356 g/mol. The lowest BCUT2D eigenvalue weighted by atomic mass is 10.1. The van der Waals surface area contributed by atoms with Crippen LogP contribution in [-0.2, 0) is 0 Å². The van der Waals surface area contributed by atoms with Gasteiger partial charge in [-0.05, 0) is 63.5 Å². The van der Waals surface area contributed by atoms with Gasteiger partial charge in [-0.3, -0.25) is 10.3 Å². The van der Waals surface area contributed by atoms with Gasteiger partial charge in [-0.1, -0.05) is 31.5 Å². The first-order valence-electron chi connectivity index (χ1n) is 9.02. The van der Waals surface area contributed by atoms with Gasteiger partial charge < -0.3 is 10.6 Å². The van der Waals surface area contributed by atoms with Crippen molar-refractivity contribution in [3.8, 4) is 0 Å². The van der Waals surface area contributed by atoms with Crippen molar-refractivity contribution in [3.63, 3.8) is 0 Å². The minimum absolute atomic E-state index is 0.421. The highest BCUT2D eigenvalue weighted by Gasteiger charge is 2.08. The van der Waals surface area contributed by atoms with Crippen LogP contribution in [0.1, 0.15) is 36.4 Å². The van der Waals surface area contributed by atoms with Gasteiger partial charge in [-0.2, -0.15) is 0 Å². The summed E-state index contributed by atoms with van der Waals surface area (Å²) in [6, 6.07) is 8.10. The summed E-state index contributed by atoms with van der Waals surface area (Å²) in [6.45, 7) is 12.9. The van der Waals surface area contributed by atoms with Gasteiger partial charge in [0, 0.05) is 23.6 Å². The summed E-state index contributed by atoms with van der Waals surface area (Å²) in [5.41, 5.74) is 5.09. The standard InChI is InChI=1S/C20H28N6S/c1-12(2)11-21-18(25-19-22-15(5)10-16(6)23-19)26-20(27)24-17-8-7-13(3)9-14(17)4/h7-10,12H,11H2,1-6H3,(H3,21,22,23,24,25,26,27). The van der Waals surface area contributed by atoms with E-state index in [9.17, 15) is 0 Å². The average molecular weight is 385 g/mol. The largest absolute Gasteiger partial charge is 0.332 e. The number of nitrogens with one attached hydrogen (secondary N) is 3. The van der Waals surface area contributed by atoms with Crippen molar-refractivity contribution in [2.75, 3.05) is 17.2 Å². The Bertz CT molecular complexity index is 824. The van der Waals surface area contributed by atoms with Crippen molar-refractivity contribution in [1.29, 1.82) is 0 Å². The van der Waals surface area contributed by atoms with Crippen LogP contribution in [0.2, 0.25) is 0 Å². The lowest BCUT2D eigenvalue weighted by Gasteiger charge is -2.16. The van der Waals surface area contributed by atoms with Crippen LogP contribution in [-0.4, -0.2) is 27.6 Å². The van der Waals surface area contributed by atoms with Gasteiger partial charge in [0.1, 0.15) is 0 Å². The highest BCUT2D eigenvalue weighted by Crippen LogP contribution is 2.15. The molecule has 27 heavy (non-hydrogen) atoms. The van der Waals surface area contributed by atoms with Crippen molar-refractivity contribution in [2.24, 2.45) is 10.9 Å². The van der Waals surface area contributed by atoms with Crippen molar-refractivity contribution >= 4 is 34.9 Å². The molecule has 0 radical (unpaired) electrons. The van der Waals surface area contributed by atoms with Crippen LogP contribution < -0.4 is 16.0 Å². The molecule has 2 rings (SSSR count).